The van der Waals surface area contributed by atoms with Crippen LogP contribution in [0.2, 0.25) is 0 Å². The molecule has 44 heavy (non-hydrogen) atoms. The van der Waals surface area contributed by atoms with Crippen molar-refractivity contribution in [2.45, 2.75) is 42.8 Å². The number of hydrogen-bond acceptors (Lipinski definition) is 7. The first-order chi connectivity index (χ1) is 21.4. The van der Waals surface area contributed by atoms with Gasteiger partial charge in [-0.2, -0.15) is 4.31 Å². The van der Waals surface area contributed by atoms with Crippen molar-refractivity contribution in [2.24, 2.45) is 0 Å². The molecule has 0 aromatic heterocycles. The Kier molecular flexibility index (Phi) is 11.0. The lowest BCUT2D eigenvalue weighted by Crippen LogP contribution is -2.52. The van der Waals surface area contributed by atoms with Gasteiger partial charge in [-0.05, 0) is 48.2 Å². The zero-order valence-electron chi connectivity index (χ0n) is 24.7. The minimum absolute atomic E-state index is 0.0343. The topological polar surface area (TPSA) is 114 Å². The largest absolute Gasteiger partial charge is 0.484 e. The highest BCUT2D eigenvalue weighted by atomic mass is 32.2. The van der Waals surface area contributed by atoms with E-state index >= 15 is 0 Å². The molecule has 2 unspecified atom stereocenters. The Morgan fingerprint density at radius 1 is 0.909 bits per heavy atom. The lowest BCUT2D eigenvalue weighted by atomic mass is 10.0. The summed E-state index contributed by atoms with van der Waals surface area (Å²) in [7, 11) is -3.65. The van der Waals surface area contributed by atoms with E-state index in [2.05, 4.69) is 5.32 Å². The zero-order valence-corrected chi connectivity index (χ0v) is 25.5. The molecule has 234 valence electrons. The van der Waals surface area contributed by atoms with Crippen molar-refractivity contribution in [2.75, 3.05) is 46.1 Å². The SMILES string of the molecule is O=C(NCC1CCCO1)C(Cc1ccccc1)N(Cc1ccccc1)C(=O)COc1ccc(S(=O)(=O)N2CCOCC2)cc1. The Morgan fingerprint density at radius 3 is 2.20 bits per heavy atom. The van der Waals surface area contributed by atoms with E-state index in [4.69, 9.17) is 14.2 Å². The molecule has 2 aliphatic heterocycles. The molecule has 1 N–H and O–H groups in total. The van der Waals surface area contributed by atoms with Gasteiger partial charge >= 0.3 is 0 Å². The normalized spacial score (nSPS) is 18.0. The van der Waals surface area contributed by atoms with Crippen molar-refractivity contribution in [3.05, 3.63) is 96.1 Å². The van der Waals surface area contributed by atoms with Crippen molar-refractivity contribution < 1.29 is 32.2 Å². The van der Waals surface area contributed by atoms with Crippen LogP contribution in [0.4, 0.5) is 0 Å². The summed E-state index contributed by atoms with van der Waals surface area (Å²) >= 11 is 0. The molecule has 0 bridgehead atoms. The molecule has 10 nitrogen and oxygen atoms in total. The van der Waals surface area contributed by atoms with Gasteiger partial charge in [0.2, 0.25) is 15.9 Å². The number of carbonyl (C=O) groups excluding carboxylic acids is 2. The summed E-state index contributed by atoms with van der Waals surface area (Å²) in [6.07, 6.45) is 2.14. The van der Waals surface area contributed by atoms with Gasteiger partial charge in [-0.25, -0.2) is 8.42 Å². The molecule has 2 amide bonds. The third-order valence-corrected chi connectivity index (χ3v) is 9.70. The van der Waals surface area contributed by atoms with E-state index in [0.717, 1.165) is 24.0 Å². The molecule has 0 saturated carbocycles. The van der Waals surface area contributed by atoms with Crippen molar-refractivity contribution >= 4 is 21.8 Å². The second kappa shape index (κ2) is 15.3. The van der Waals surface area contributed by atoms with Crippen LogP contribution in [0.3, 0.4) is 0 Å². The third-order valence-electron chi connectivity index (χ3n) is 7.79. The second-order valence-electron chi connectivity index (χ2n) is 10.9. The molecule has 5 rings (SSSR count). The van der Waals surface area contributed by atoms with E-state index in [1.54, 1.807) is 4.90 Å². The van der Waals surface area contributed by atoms with Gasteiger partial charge < -0.3 is 24.4 Å². The van der Waals surface area contributed by atoms with Crippen molar-refractivity contribution in [3.8, 4) is 5.75 Å². The maximum atomic E-state index is 13.8. The molecule has 2 heterocycles. The predicted octanol–water partition coefficient (Wildman–Crippen LogP) is 3.02. The highest BCUT2D eigenvalue weighted by Crippen LogP contribution is 2.21. The van der Waals surface area contributed by atoms with Crippen LogP contribution in [0.1, 0.15) is 24.0 Å². The molecule has 0 radical (unpaired) electrons. The number of nitrogens with one attached hydrogen (secondary N) is 1. The zero-order chi connectivity index (χ0) is 30.8. The van der Waals surface area contributed by atoms with Crippen LogP contribution in [0, 0.1) is 0 Å². The maximum Gasteiger partial charge on any atom is 0.261 e. The fourth-order valence-corrected chi connectivity index (χ4v) is 6.75. The van der Waals surface area contributed by atoms with Gasteiger partial charge in [0.25, 0.3) is 5.91 Å². The number of sulfonamides is 1. The molecule has 11 heteroatoms. The third kappa shape index (κ3) is 8.44. The van der Waals surface area contributed by atoms with Gasteiger partial charge in [0.15, 0.2) is 6.61 Å². The van der Waals surface area contributed by atoms with Gasteiger partial charge in [-0.15, -0.1) is 0 Å². The van der Waals surface area contributed by atoms with E-state index in [0.29, 0.717) is 51.6 Å². The number of ether oxygens (including phenoxy) is 3. The number of morpholine rings is 1. The average Bonchev–Trinajstić information content (AvgIpc) is 3.59. The second-order valence-corrected chi connectivity index (χ2v) is 12.8. The van der Waals surface area contributed by atoms with Crippen LogP contribution in [0.15, 0.2) is 89.8 Å². The molecule has 2 atom stereocenters. The Labute approximate surface area is 259 Å². The van der Waals surface area contributed by atoms with Gasteiger partial charge in [-0.3, -0.25) is 9.59 Å². The number of amides is 2. The van der Waals surface area contributed by atoms with Crippen LogP contribution in [-0.4, -0.2) is 87.6 Å². The molecule has 3 aromatic rings. The van der Waals surface area contributed by atoms with Gasteiger partial charge in [0.05, 0.1) is 24.2 Å². The van der Waals surface area contributed by atoms with E-state index in [1.165, 1.54) is 28.6 Å². The fraction of sp³-hybridized carbons (Fsp3) is 0.394. The molecule has 0 aliphatic carbocycles. The van der Waals surface area contributed by atoms with Crippen molar-refractivity contribution in [1.29, 1.82) is 0 Å². The number of carbonyl (C=O) groups is 2. The van der Waals surface area contributed by atoms with Crippen LogP contribution in [0.5, 0.6) is 5.75 Å². The standard InChI is InChI=1S/C33H39N3O7S/c37-32(25-43-28-13-15-30(16-14-28)44(39,40)35-17-20-41-21-18-35)36(24-27-10-5-2-6-11-27)31(22-26-8-3-1-4-9-26)33(38)34-23-29-12-7-19-42-29/h1-6,8-11,13-16,29,31H,7,12,17-25H2,(H,34,38). The number of nitrogens with zero attached hydrogens (tertiary/aromatic N) is 2. The quantitative estimate of drug-likeness (QED) is 0.312. The Morgan fingerprint density at radius 2 is 1.57 bits per heavy atom. The number of benzene rings is 3. The molecule has 0 spiro atoms. The first kappa shape index (κ1) is 31.6. The Balaban J connectivity index is 1.32. The summed E-state index contributed by atoms with van der Waals surface area (Å²) < 4.78 is 44.2. The lowest BCUT2D eigenvalue weighted by Gasteiger charge is -2.31. The van der Waals surface area contributed by atoms with E-state index in [1.807, 2.05) is 60.7 Å². The predicted molar refractivity (Wildman–Crippen MR) is 164 cm³/mol. The van der Waals surface area contributed by atoms with Crippen molar-refractivity contribution in [1.82, 2.24) is 14.5 Å². The lowest BCUT2D eigenvalue weighted by molar-refractivity contribution is -0.143. The monoisotopic (exact) mass is 621 g/mol. The number of hydrogen-bond donors (Lipinski definition) is 1. The summed E-state index contributed by atoms with van der Waals surface area (Å²) in [5.41, 5.74) is 1.80. The smallest absolute Gasteiger partial charge is 0.261 e. The highest BCUT2D eigenvalue weighted by molar-refractivity contribution is 7.89. The van der Waals surface area contributed by atoms with Gasteiger partial charge in [-0.1, -0.05) is 60.7 Å². The minimum Gasteiger partial charge on any atom is -0.484 e. The summed E-state index contributed by atoms with van der Waals surface area (Å²) in [6.45, 7) is 2.28. The van der Waals surface area contributed by atoms with E-state index < -0.39 is 16.1 Å². The summed E-state index contributed by atoms with van der Waals surface area (Å²) in [6, 6.07) is 24.4. The molecular formula is C33H39N3O7S. The summed E-state index contributed by atoms with van der Waals surface area (Å²) in [5, 5.41) is 3.02. The minimum atomic E-state index is -3.65. The van der Waals surface area contributed by atoms with E-state index in [9.17, 15) is 18.0 Å². The fourth-order valence-electron chi connectivity index (χ4n) is 5.34. The Hall–Kier alpha value is -3.77. The molecule has 2 saturated heterocycles. The first-order valence-electron chi connectivity index (χ1n) is 15.0. The highest BCUT2D eigenvalue weighted by Gasteiger charge is 2.32. The van der Waals surface area contributed by atoms with Crippen LogP contribution in [0.25, 0.3) is 0 Å². The molecule has 3 aromatic carbocycles. The van der Waals surface area contributed by atoms with E-state index in [-0.39, 0.29) is 36.0 Å². The summed E-state index contributed by atoms with van der Waals surface area (Å²) in [4.78, 5) is 29.2. The van der Waals surface area contributed by atoms with Gasteiger partial charge in [0.1, 0.15) is 11.8 Å². The summed E-state index contributed by atoms with van der Waals surface area (Å²) in [5.74, 6) is -0.278. The maximum absolute atomic E-state index is 13.8. The molecule has 2 fully saturated rings. The first-order valence-corrected chi connectivity index (χ1v) is 16.4. The average molecular weight is 622 g/mol. The van der Waals surface area contributed by atoms with Crippen LogP contribution < -0.4 is 10.1 Å². The Bertz CT molecular complexity index is 1460. The molecule has 2 aliphatic rings. The van der Waals surface area contributed by atoms with Crippen LogP contribution in [-0.2, 0) is 42.1 Å². The molecular weight excluding hydrogens is 582 g/mol. The number of rotatable bonds is 13. The van der Waals surface area contributed by atoms with Crippen molar-refractivity contribution in [3.63, 3.8) is 0 Å². The van der Waals surface area contributed by atoms with Crippen LogP contribution >= 0.6 is 0 Å². The van der Waals surface area contributed by atoms with Gasteiger partial charge in [0, 0.05) is 39.2 Å².